The molecule has 1 atom stereocenters. The number of carbonyl (C=O) groups excluding carboxylic acids is 1. The van der Waals surface area contributed by atoms with Crippen molar-refractivity contribution in [3.8, 4) is 12.1 Å². The molecule has 0 aromatic heterocycles. The van der Waals surface area contributed by atoms with Gasteiger partial charge < -0.3 is 10.6 Å². The van der Waals surface area contributed by atoms with Crippen LogP contribution in [0.25, 0.3) is 0 Å². The first kappa shape index (κ1) is 16.2. The number of nitriles is 2. The molecular weight excluding hydrogens is 266 g/mol. The van der Waals surface area contributed by atoms with Gasteiger partial charge in [-0.2, -0.15) is 10.5 Å². The second kappa shape index (κ2) is 6.53. The van der Waals surface area contributed by atoms with Gasteiger partial charge in [-0.05, 0) is 17.0 Å². The molecule has 0 bridgehead atoms. The van der Waals surface area contributed by atoms with Crippen LogP contribution in [0.15, 0.2) is 24.3 Å². The fourth-order valence-electron chi connectivity index (χ4n) is 1.77. The minimum absolute atomic E-state index is 0.155. The Hall–Kier alpha value is -2.86. The summed E-state index contributed by atoms with van der Waals surface area (Å²) >= 11 is 0. The Kier molecular flexibility index (Phi) is 5.04. The molecule has 3 N–H and O–H groups in total. The fraction of sp³-hybridized carbons (Fsp3) is 0.333. The van der Waals surface area contributed by atoms with E-state index < -0.39 is 17.8 Å². The van der Waals surface area contributed by atoms with Gasteiger partial charge in [0.1, 0.15) is 11.8 Å². The number of hydrogen-bond donors (Lipinski definition) is 3. The average Bonchev–Trinajstić information content (AvgIpc) is 2.43. The quantitative estimate of drug-likeness (QED) is 0.741. The highest BCUT2D eigenvalue weighted by molar-refractivity contribution is 6.05. The van der Waals surface area contributed by atoms with Crippen LogP contribution in [-0.4, -0.2) is 17.8 Å². The summed E-state index contributed by atoms with van der Waals surface area (Å²) in [5, 5.41) is 29.7. The molecule has 1 aromatic carbocycles. The number of nitrogens with one attached hydrogen (secondary N) is 3. The first-order valence-electron chi connectivity index (χ1n) is 6.34. The van der Waals surface area contributed by atoms with Crippen molar-refractivity contribution in [1.82, 2.24) is 5.32 Å². The van der Waals surface area contributed by atoms with E-state index in [2.05, 4.69) is 10.6 Å². The first-order chi connectivity index (χ1) is 9.79. The van der Waals surface area contributed by atoms with Crippen LogP contribution >= 0.6 is 0 Å². The molecule has 1 aromatic rings. The normalized spacial score (nSPS) is 11.7. The van der Waals surface area contributed by atoms with Gasteiger partial charge in [0.25, 0.3) is 0 Å². The van der Waals surface area contributed by atoms with Gasteiger partial charge in [-0.3, -0.25) is 5.41 Å². The molecule has 1 unspecified atom stereocenters. The van der Waals surface area contributed by atoms with Gasteiger partial charge in [0.05, 0.1) is 6.07 Å². The maximum absolute atomic E-state index is 11.9. The van der Waals surface area contributed by atoms with E-state index >= 15 is 0 Å². The van der Waals surface area contributed by atoms with Crippen LogP contribution in [0.3, 0.4) is 0 Å². The van der Waals surface area contributed by atoms with Gasteiger partial charge in [-0.15, -0.1) is 0 Å². The number of urea groups is 1. The van der Waals surface area contributed by atoms with Gasteiger partial charge in [-0.1, -0.05) is 39.0 Å². The first-order valence-corrected chi connectivity index (χ1v) is 6.34. The Morgan fingerprint density at radius 3 is 2.43 bits per heavy atom. The summed E-state index contributed by atoms with van der Waals surface area (Å²) in [6.45, 7) is 6.07. The summed E-state index contributed by atoms with van der Waals surface area (Å²) in [4.78, 5) is 11.9. The number of benzene rings is 1. The zero-order chi connectivity index (χ0) is 16.0. The number of amides is 2. The zero-order valence-corrected chi connectivity index (χ0v) is 12.2. The summed E-state index contributed by atoms with van der Waals surface area (Å²) in [5.74, 6) is 0. The monoisotopic (exact) mass is 283 g/mol. The Bertz CT molecular complexity index is 631. The highest BCUT2D eigenvalue weighted by atomic mass is 16.2. The standard InChI is InChI=1S/C15H17N5O/c1-15(2,3)10-6-4-5-7-12(10)19-14(21)20-13(9-17)11(18)8-16/h4-7,13,18H,1-3H3,(H2,19,20,21). The summed E-state index contributed by atoms with van der Waals surface area (Å²) < 4.78 is 0. The van der Waals surface area contributed by atoms with Gasteiger partial charge in [0.15, 0.2) is 6.04 Å². The SMILES string of the molecule is CC(C)(C)c1ccccc1NC(=O)NC(C#N)C(=N)C#N. The van der Waals surface area contributed by atoms with E-state index in [4.69, 9.17) is 15.9 Å². The lowest BCUT2D eigenvalue weighted by Crippen LogP contribution is -2.41. The number of rotatable bonds is 3. The molecular formula is C15H17N5O. The van der Waals surface area contributed by atoms with Crippen LogP contribution in [0.5, 0.6) is 0 Å². The number of hydrogen-bond acceptors (Lipinski definition) is 4. The minimum Gasteiger partial charge on any atom is -0.316 e. The molecule has 0 fully saturated rings. The second-order valence-corrected chi connectivity index (χ2v) is 5.48. The van der Waals surface area contributed by atoms with Crippen LogP contribution < -0.4 is 10.6 Å². The Morgan fingerprint density at radius 2 is 1.90 bits per heavy atom. The highest BCUT2D eigenvalue weighted by Gasteiger charge is 2.20. The van der Waals surface area contributed by atoms with Crippen molar-refractivity contribution in [3.63, 3.8) is 0 Å². The van der Waals surface area contributed by atoms with Crippen LogP contribution in [0.4, 0.5) is 10.5 Å². The highest BCUT2D eigenvalue weighted by Crippen LogP contribution is 2.29. The van der Waals surface area contributed by atoms with Crippen molar-refractivity contribution in [1.29, 1.82) is 15.9 Å². The van der Waals surface area contributed by atoms with E-state index in [9.17, 15) is 4.79 Å². The van der Waals surface area contributed by atoms with Crippen LogP contribution in [0.2, 0.25) is 0 Å². The van der Waals surface area contributed by atoms with Crippen molar-refractivity contribution in [3.05, 3.63) is 29.8 Å². The Morgan fingerprint density at radius 1 is 1.29 bits per heavy atom. The predicted octanol–water partition coefficient (Wildman–Crippen LogP) is 2.54. The van der Waals surface area contributed by atoms with E-state index in [0.29, 0.717) is 5.69 Å². The molecule has 0 aliphatic rings. The molecule has 0 saturated carbocycles. The molecule has 21 heavy (non-hydrogen) atoms. The molecule has 0 saturated heterocycles. The van der Waals surface area contributed by atoms with Gasteiger partial charge in [0, 0.05) is 5.69 Å². The summed E-state index contributed by atoms with van der Waals surface area (Å²) in [6.07, 6.45) is 0. The maximum atomic E-state index is 11.9. The molecule has 108 valence electrons. The summed E-state index contributed by atoms with van der Waals surface area (Å²) in [7, 11) is 0. The predicted molar refractivity (Wildman–Crippen MR) is 80.0 cm³/mol. The Balaban J connectivity index is 2.89. The number of nitrogens with zero attached hydrogens (tertiary/aromatic N) is 2. The molecule has 6 nitrogen and oxygen atoms in total. The van der Waals surface area contributed by atoms with Crippen molar-refractivity contribution in [2.75, 3.05) is 5.32 Å². The third kappa shape index (κ3) is 4.32. The number of carbonyl (C=O) groups is 1. The van der Waals surface area contributed by atoms with E-state index in [1.165, 1.54) is 6.07 Å². The largest absolute Gasteiger partial charge is 0.320 e. The van der Waals surface area contributed by atoms with Crippen molar-refractivity contribution in [2.45, 2.75) is 32.2 Å². The lowest BCUT2D eigenvalue weighted by atomic mass is 9.86. The summed E-state index contributed by atoms with van der Waals surface area (Å²) in [5.41, 5.74) is 0.918. The van der Waals surface area contributed by atoms with Crippen LogP contribution in [0, 0.1) is 28.1 Å². The maximum Gasteiger partial charge on any atom is 0.320 e. The zero-order valence-electron chi connectivity index (χ0n) is 12.2. The lowest BCUT2D eigenvalue weighted by Gasteiger charge is -2.23. The smallest absolute Gasteiger partial charge is 0.316 e. The minimum atomic E-state index is -1.25. The molecule has 0 aliphatic carbocycles. The van der Waals surface area contributed by atoms with E-state index in [1.807, 2.05) is 32.9 Å². The molecule has 0 aliphatic heterocycles. The average molecular weight is 283 g/mol. The van der Waals surface area contributed by atoms with Crippen molar-refractivity contribution in [2.24, 2.45) is 0 Å². The third-order valence-corrected chi connectivity index (χ3v) is 2.80. The van der Waals surface area contributed by atoms with Crippen LogP contribution in [0.1, 0.15) is 26.3 Å². The van der Waals surface area contributed by atoms with E-state index in [-0.39, 0.29) is 5.41 Å². The van der Waals surface area contributed by atoms with Gasteiger partial charge in [-0.25, -0.2) is 4.79 Å². The Labute approximate surface area is 123 Å². The molecule has 0 spiro atoms. The number of anilines is 1. The third-order valence-electron chi connectivity index (χ3n) is 2.80. The molecule has 2 amide bonds. The second-order valence-electron chi connectivity index (χ2n) is 5.48. The van der Waals surface area contributed by atoms with Crippen LogP contribution in [-0.2, 0) is 5.41 Å². The molecule has 0 radical (unpaired) electrons. The fourth-order valence-corrected chi connectivity index (χ4v) is 1.77. The van der Waals surface area contributed by atoms with Crippen molar-refractivity contribution >= 4 is 17.4 Å². The van der Waals surface area contributed by atoms with Gasteiger partial charge >= 0.3 is 6.03 Å². The molecule has 0 heterocycles. The van der Waals surface area contributed by atoms with Crippen molar-refractivity contribution < 1.29 is 4.79 Å². The lowest BCUT2D eigenvalue weighted by molar-refractivity contribution is 0.252. The molecule has 1 rings (SSSR count). The number of para-hydroxylation sites is 1. The molecule has 6 heteroatoms. The van der Waals surface area contributed by atoms with E-state index in [0.717, 1.165) is 5.56 Å². The van der Waals surface area contributed by atoms with E-state index in [1.54, 1.807) is 18.2 Å². The summed E-state index contributed by atoms with van der Waals surface area (Å²) in [6, 6.07) is 8.70. The topological polar surface area (TPSA) is 113 Å². The van der Waals surface area contributed by atoms with Gasteiger partial charge in [0.2, 0.25) is 0 Å².